The fourth-order valence-corrected chi connectivity index (χ4v) is 7.77. The molecule has 8 nitrogen and oxygen atoms in total. The summed E-state index contributed by atoms with van der Waals surface area (Å²) >= 11 is 0. The number of carbonyl (C=O) groups is 3. The summed E-state index contributed by atoms with van der Waals surface area (Å²) in [5.41, 5.74) is 1.55. The molecule has 0 aliphatic carbocycles. The molecule has 3 atom stereocenters. The Balaban J connectivity index is 1.32. The molecule has 0 radical (unpaired) electrons. The van der Waals surface area contributed by atoms with Crippen molar-refractivity contribution in [1.29, 1.82) is 0 Å². The van der Waals surface area contributed by atoms with Gasteiger partial charge in [-0.25, -0.2) is 0 Å². The normalized spacial score (nSPS) is 32.9. The van der Waals surface area contributed by atoms with Crippen molar-refractivity contribution < 1.29 is 23.5 Å². The Morgan fingerprint density at radius 1 is 0.786 bits per heavy atom. The van der Waals surface area contributed by atoms with Crippen molar-refractivity contribution in [1.82, 2.24) is 14.7 Å². The van der Waals surface area contributed by atoms with E-state index in [2.05, 4.69) is 0 Å². The largest absolute Gasteiger partial charge is 0.314 e. The first kappa shape index (κ1) is 16.7. The van der Waals surface area contributed by atoms with Gasteiger partial charge in [-0.2, -0.15) is 0 Å². The molecule has 146 valence electrons. The van der Waals surface area contributed by atoms with E-state index < -0.39 is 7.37 Å². The summed E-state index contributed by atoms with van der Waals surface area (Å²) in [6.07, 6.45) is 9.19. The van der Waals surface area contributed by atoms with Gasteiger partial charge in [0, 0.05) is 43.1 Å². The fourth-order valence-electron chi connectivity index (χ4n) is 5.15. The molecular formula is C19H20N3O5P. The van der Waals surface area contributed by atoms with Crippen LogP contribution in [0.25, 0.3) is 0 Å². The van der Waals surface area contributed by atoms with Gasteiger partial charge in [0.1, 0.15) is 10.9 Å². The van der Waals surface area contributed by atoms with Gasteiger partial charge in [0.2, 0.25) is 17.7 Å². The van der Waals surface area contributed by atoms with Crippen molar-refractivity contribution in [2.24, 2.45) is 0 Å². The minimum Gasteiger partial charge on any atom is -0.314 e. The van der Waals surface area contributed by atoms with Gasteiger partial charge in [-0.05, 0) is 19.3 Å². The summed E-state index contributed by atoms with van der Waals surface area (Å²) in [4.78, 5) is 41.1. The van der Waals surface area contributed by atoms with E-state index in [4.69, 9.17) is 4.52 Å². The van der Waals surface area contributed by atoms with Gasteiger partial charge in [-0.3, -0.25) is 18.9 Å². The number of amides is 3. The zero-order valence-corrected chi connectivity index (χ0v) is 16.1. The van der Waals surface area contributed by atoms with Crippen LogP contribution in [-0.2, 0) is 23.5 Å². The van der Waals surface area contributed by atoms with Crippen LogP contribution in [0.1, 0.15) is 38.5 Å². The number of hydrogen-bond donors (Lipinski definition) is 0. The van der Waals surface area contributed by atoms with Crippen molar-refractivity contribution >= 4 is 25.1 Å². The highest BCUT2D eigenvalue weighted by Crippen LogP contribution is 2.69. The van der Waals surface area contributed by atoms with Crippen LogP contribution in [0.4, 0.5) is 0 Å². The lowest BCUT2D eigenvalue weighted by molar-refractivity contribution is -0.141. The molecule has 9 heteroatoms. The summed E-state index contributed by atoms with van der Waals surface area (Å²) in [6, 6.07) is 0.303. The van der Waals surface area contributed by atoms with Crippen molar-refractivity contribution in [3.63, 3.8) is 0 Å². The molecule has 0 saturated carbocycles. The van der Waals surface area contributed by atoms with Crippen LogP contribution in [-0.4, -0.2) is 57.2 Å². The molecule has 6 rings (SSSR count). The Kier molecular flexibility index (Phi) is 3.26. The molecule has 6 heterocycles. The highest BCUT2D eigenvalue weighted by atomic mass is 31.2. The lowest BCUT2D eigenvalue weighted by Gasteiger charge is -2.43. The quantitative estimate of drug-likeness (QED) is 0.518. The molecule has 3 fully saturated rings. The van der Waals surface area contributed by atoms with E-state index in [0.717, 1.165) is 12.1 Å². The minimum absolute atomic E-state index is 0.0353. The monoisotopic (exact) mass is 401 g/mol. The maximum Gasteiger partial charge on any atom is 0.293 e. The molecule has 3 amide bonds. The number of carbonyl (C=O) groups excluding carboxylic acids is 3. The predicted molar refractivity (Wildman–Crippen MR) is 97.4 cm³/mol. The van der Waals surface area contributed by atoms with Gasteiger partial charge in [0.05, 0.1) is 6.61 Å². The van der Waals surface area contributed by atoms with Crippen molar-refractivity contribution in [3.8, 4) is 0 Å². The minimum atomic E-state index is -3.61. The molecule has 0 aromatic carbocycles. The Morgan fingerprint density at radius 2 is 1.25 bits per heavy atom. The summed E-state index contributed by atoms with van der Waals surface area (Å²) in [6.45, 7) is 0.0353. The van der Waals surface area contributed by atoms with Gasteiger partial charge in [-0.15, -0.1) is 0 Å². The third-order valence-electron chi connectivity index (χ3n) is 6.70. The Bertz CT molecular complexity index is 932. The molecule has 0 aromatic rings. The third kappa shape index (κ3) is 2.00. The second-order valence-corrected chi connectivity index (χ2v) is 10.5. The van der Waals surface area contributed by atoms with Crippen LogP contribution in [0.2, 0.25) is 0 Å². The zero-order valence-electron chi connectivity index (χ0n) is 15.2. The maximum absolute atomic E-state index is 14.3. The molecule has 6 aliphatic rings. The number of rotatable bonds is 5. The standard InChI is InChI=1S/C19H20N3O5P/c23-15-7-11-1-2-14(20(11)15)10-27-28(26,18-5-3-12-8-16(24)21(12)18)19-6-4-13-9-17(25)22(13)19/h2,5-6,11-13H,1,3-4,7-10H2/t11-,12-,13-/m1/s1. The molecule has 0 bridgehead atoms. The number of nitrogens with zero attached hydrogens (tertiary/aromatic N) is 3. The Labute approximate surface area is 161 Å². The van der Waals surface area contributed by atoms with E-state index >= 15 is 0 Å². The summed E-state index contributed by atoms with van der Waals surface area (Å²) < 4.78 is 20.3. The summed E-state index contributed by atoms with van der Waals surface area (Å²) in [5.74, 6) is -0.0511. The molecular weight excluding hydrogens is 381 g/mol. The first-order valence-corrected chi connectivity index (χ1v) is 11.4. The topological polar surface area (TPSA) is 87.2 Å². The third-order valence-corrected chi connectivity index (χ3v) is 9.20. The fraction of sp³-hybridized carbons (Fsp3) is 0.526. The maximum atomic E-state index is 14.3. The van der Waals surface area contributed by atoms with Gasteiger partial charge in [0.25, 0.3) is 7.37 Å². The second-order valence-electron chi connectivity index (χ2n) is 8.22. The molecule has 0 aromatic heterocycles. The molecule has 0 N–H and O–H groups in total. The second kappa shape index (κ2) is 5.45. The van der Waals surface area contributed by atoms with Gasteiger partial charge in [-0.1, -0.05) is 18.2 Å². The lowest BCUT2D eigenvalue weighted by Crippen LogP contribution is -2.50. The van der Waals surface area contributed by atoms with Crippen LogP contribution >= 0.6 is 7.37 Å². The molecule has 3 saturated heterocycles. The van der Waals surface area contributed by atoms with Crippen LogP contribution in [0.5, 0.6) is 0 Å². The van der Waals surface area contributed by atoms with Crippen molar-refractivity contribution in [3.05, 3.63) is 34.8 Å². The molecule has 0 spiro atoms. The van der Waals surface area contributed by atoms with E-state index in [1.165, 1.54) is 0 Å². The molecule has 28 heavy (non-hydrogen) atoms. The number of hydrogen-bond acceptors (Lipinski definition) is 5. The van der Waals surface area contributed by atoms with Crippen molar-refractivity contribution in [2.45, 2.75) is 56.7 Å². The van der Waals surface area contributed by atoms with Crippen LogP contribution in [0.15, 0.2) is 34.8 Å². The summed E-state index contributed by atoms with van der Waals surface area (Å²) in [5, 5.41) is 0. The van der Waals surface area contributed by atoms with Gasteiger partial charge in [0.15, 0.2) is 0 Å². The first-order valence-electron chi connectivity index (χ1n) is 9.78. The van der Waals surface area contributed by atoms with E-state index in [1.54, 1.807) is 14.7 Å². The highest BCUT2D eigenvalue weighted by molar-refractivity contribution is 7.67. The average molecular weight is 401 g/mol. The zero-order chi connectivity index (χ0) is 19.2. The van der Waals surface area contributed by atoms with Crippen LogP contribution < -0.4 is 0 Å². The highest BCUT2D eigenvalue weighted by Gasteiger charge is 2.55. The van der Waals surface area contributed by atoms with E-state index in [-0.39, 0.29) is 42.5 Å². The van der Waals surface area contributed by atoms with Gasteiger partial charge >= 0.3 is 0 Å². The summed E-state index contributed by atoms with van der Waals surface area (Å²) in [7, 11) is -3.61. The lowest BCUT2D eigenvalue weighted by atomic mass is 10.0. The van der Waals surface area contributed by atoms with Crippen LogP contribution in [0, 0.1) is 0 Å². The first-order chi connectivity index (χ1) is 13.5. The predicted octanol–water partition coefficient (Wildman–Crippen LogP) is 1.86. The smallest absolute Gasteiger partial charge is 0.293 e. The SMILES string of the molecule is O=C1C[C@H]2CC=C(COP(=O)(C3=CC[C@@H]4CC(=O)N34)C3=CC[C@@H]4CC(=O)N34)N12. The van der Waals surface area contributed by atoms with Gasteiger partial charge < -0.3 is 19.2 Å². The number of β-lactam (4-membered cyclic amide) rings is 3. The Hall–Kier alpha value is -2.18. The molecule has 0 unspecified atom stereocenters. The number of fused-ring (bicyclic) bond motifs is 3. The average Bonchev–Trinajstić information content (AvgIpc) is 3.29. The van der Waals surface area contributed by atoms with E-state index in [9.17, 15) is 18.9 Å². The Morgan fingerprint density at radius 3 is 1.75 bits per heavy atom. The molecule has 6 aliphatic heterocycles. The van der Waals surface area contributed by atoms with Crippen molar-refractivity contribution in [2.75, 3.05) is 6.61 Å². The van der Waals surface area contributed by atoms with E-state index in [1.807, 2.05) is 18.2 Å². The van der Waals surface area contributed by atoms with Crippen LogP contribution in [0.3, 0.4) is 0 Å². The van der Waals surface area contributed by atoms with E-state index in [0.29, 0.717) is 43.0 Å².